The van der Waals surface area contributed by atoms with Gasteiger partial charge in [-0.05, 0) is 91.1 Å². The van der Waals surface area contributed by atoms with Crippen molar-refractivity contribution in [3.05, 3.63) is 120 Å². The summed E-state index contributed by atoms with van der Waals surface area (Å²) in [5.41, 5.74) is 22.0. The van der Waals surface area contributed by atoms with Crippen LogP contribution < -0.4 is 51.0 Å². The van der Waals surface area contributed by atoms with Gasteiger partial charge in [-0.25, -0.2) is 59.4 Å². The van der Waals surface area contributed by atoms with E-state index in [9.17, 15) is 53.3 Å². The van der Waals surface area contributed by atoms with Gasteiger partial charge < -0.3 is 135 Å². The first kappa shape index (κ1) is 93.7. The molecule has 688 valence electrons. The first-order valence-electron chi connectivity index (χ1n) is 38.1. The number of nitrogens with one attached hydrogen (secondary N) is 3. The van der Waals surface area contributed by atoms with E-state index in [1.807, 2.05) is 6.92 Å². The predicted octanol–water partition coefficient (Wildman–Crippen LogP) is 1.16. The second kappa shape index (κ2) is 37.5. The zero-order chi connectivity index (χ0) is 90.3. The molecule has 6 aliphatic rings. The molecule has 65 heteroatoms. The summed E-state index contributed by atoms with van der Waals surface area (Å²) < 4.78 is 118. The molecule has 17 N–H and O–H groups in total. The molecular formula is C62H80N24O29P6S6. The SMILES string of the molecule is CC[C@H]1O[C@@H](n2cnc3c(N)ncnc32)C[C@H]1OP(O)(=S)OC[C@H]1O[C@@H](n2cnc3c(=O)[nH]c(N)nc32)C[C@H]1OP(O)(=S)OC[C@H]1O[C@@H](n2cc(C)c(=O)[nH]c2=O)C[C@H]1OP(O)(=S)OC[C@H]1O[C@@H](n2cnc3c(N)ncnc32)C[C@H]1OP(O)(=S)OC[C@H]1O[C@@H](n2cc(C)c(=O)[nH]c2=O)C[C@H]1OP(O)(=S)OC[C@H]1O[C@@H](n2cnc3c(N)ncnc32)C[C@H]1OP(O)(=S)OC. The number of nitrogens with two attached hydrogens (primary N) is 4. The van der Waals surface area contributed by atoms with Crippen molar-refractivity contribution in [1.29, 1.82) is 0 Å². The number of aromatic nitrogens is 20. The third kappa shape index (κ3) is 21.0. The maximum absolute atomic E-state index is 13.5. The van der Waals surface area contributed by atoms with Crippen molar-refractivity contribution in [2.45, 2.75) is 176 Å². The molecular weight excluding hydrogens is 1920 g/mol. The van der Waals surface area contributed by atoms with Gasteiger partial charge >= 0.3 is 51.7 Å². The molecule has 0 amide bonds. The van der Waals surface area contributed by atoms with E-state index < -0.39 is 212 Å². The first-order chi connectivity index (χ1) is 60.2. The molecule has 16 rings (SSSR count). The third-order valence-electron chi connectivity index (χ3n) is 21.1. The largest absolute Gasteiger partial charge is 0.382 e. The van der Waals surface area contributed by atoms with Gasteiger partial charge in [-0.1, -0.05) is 6.92 Å². The first-order valence-corrected chi connectivity index (χ1v) is 53.6. The molecule has 6 aliphatic heterocycles. The number of aromatic amines is 3. The Balaban J connectivity index is 0.611. The number of H-pyrrole nitrogens is 3. The molecule has 0 aromatic carbocycles. The second-order valence-corrected chi connectivity index (χ2v) is 46.3. The van der Waals surface area contributed by atoms with Gasteiger partial charge in [0.05, 0.1) is 101 Å². The summed E-state index contributed by atoms with van der Waals surface area (Å²) in [6.45, 7) is -25.2. The Kier molecular flexibility index (Phi) is 27.7. The average Bonchev–Trinajstić information content (AvgIpc) is 1.64. The predicted molar refractivity (Wildman–Crippen MR) is 460 cm³/mol. The molecule has 6 saturated heterocycles. The summed E-state index contributed by atoms with van der Waals surface area (Å²) in [7, 11) is 1.15. The van der Waals surface area contributed by atoms with E-state index in [-0.39, 0.29) is 107 Å². The number of ether oxygens (including phenoxy) is 6. The quantitative estimate of drug-likeness (QED) is 0.0248. The van der Waals surface area contributed by atoms with Gasteiger partial charge in [0.25, 0.3) is 16.7 Å². The van der Waals surface area contributed by atoms with E-state index in [4.69, 9.17) is 176 Å². The molecule has 10 aromatic rings. The number of anilines is 4. The fraction of sp³-hybridized carbons (Fsp3) is 0.548. The van der Waals surface area contributed by atoms with Gasteiger partial charge in [-0.15, -0.1) is 0 Å². The van der Waals surface area contributed by atoms with Crippen LogP contribution in [0.25, 0.3) is 44.7 Å². The fourth-order valence-electron chi connectivity index (χ4n) is 15.1. The summed E-state index contributed by atoms with van der Waals surface area (Å²) in [6.07, 6.45) is -10.1. The molecule has 127 heavy (non-hydrogen) atoms. The van der Waals surface area contributed by atoms with Gasteiger partial charge in [-0.2, -0.15) is 4.98 Å². The number of hydrogen-bond donors (Lipinski definition) is 13. The number of nitrogen functional groups attached to an aromatic ring is 4. The standard InChI is InChI=1S/C62H80N24O29P6S6/c1-5-28-29(6-42(104-28)83-22-73-46-50(63)67-19-70-53(46)83)111-117(93,123)99-18-39-34(11-45(109-39)86-25-76-49-56(86)77-60(66)78-59(49)89)115-121(97,127)102-16-37-32(8-41(106-37)82-13-27(3)58(88)80-62(82)91)113-119(95,125)103-17-38-33(10-44(108-38)85-24-75-48-52(65)69-21-72-55(48)85)114-120(96,126)101-15-36-31(7-40(105-36)81-12-26(2)57(87)79-61(81)90)112-118(94,124)100-14-35-30(110-116(92,122)98-4)9-43(107-35)84-23-74-47-51(64)68-20-71-54(47)84/h12-13,19-25,28-45H,5-11,14-18H2,1-4H3,(H,92,122)(H,93,123)(H,94,124)(H,95,125)(H,96,126)(H,97,127)(H2,63,67,70)(H2,64,68,71)(H2,65,69,72)(H,79,87,90)(H,80,88,91)(H3,66,77,78,89)/t28-,29-,30-,31-,32-,33-,34-,35-,36-,37-,38-,39-,40-,41-,42-,43-,44-,45-,116?,117?,118?,119?,120?,121?/m1/s1. The van der Waals surface area contributed by atoms with Gasteiger partial charge in [0.15, 0.2) is 45.6 Å². The Hall–Kier alpha value is -6.50. The highest BCUT2D eigenvalue weighted by atomic mass is 32.5. The van der Waals surface area contributed by atoms with E-state index in [1.165, 1.54) is 84.2 Å². The molecule has 6 unspecified atom stereocenters. The molecule has 0 spiro atoms. The Morgan fingerprint density at radius 3 is 0.945 bits per heavy atom. The summed E-state index contributed by atoms with van der Waals surface area (Å²) >= 11 is 33.4. The Bertz CT molecular complexity index is 6470. The number of fused-ring (bicyclic) bond motifs is 4. The van der Waals surface area contributed by atoms with Crippen molar-refractivity contribution < 1.29 is 112 Å². The second-order valence-electron chi connectivity index (χ2n) is 29.4. The minimum Gasteiger partial charge on any atom is -0.382 e. The average molecular weight is 2000 g/mol. The molecule has 0 radical (unpaired) electrons. The molecule has 6 fully saturated rings. The van der Waals surface area contributed by atoms with Crippen LogP contribution in [0.1, 0.15) is 100 Å². The minimum atomic E-state index is -4.68. The van der Waals surface area contributed by atoms with Crippen molar-refractivity contribution in [3.8, 4) is 0 Å². The fourth-order valence-corrected chi connectivity index (χ4v) is 23.4. The van der Waals surface area contributed by atoms with E-state index in [0.717, 1.165) is 16.2 Å². The smallest absolute Gasteiger partial charge is 0.330 e. The minimum absolute atomic E-state index is 0.00491. The van der Waals surface area contributed by atoms with Crippen LogP contribution in [0.4, 0.5) is 23.4 Å². The normalized spacial score (nSPS) is 29.3. The van der Waals surface area contributed by atoms with Crippen LogP contribution in [0.15, 0.2) is 80.7 Å². The van der Waals surface area contributed by atoms with Crippen molar-refractivity contribution in [2.75, 3.05) is 63.1 Å². The van der Waals surface area contributed by atoms with Gasteiger partial charge in [0.2, 0.25) is 5.95 Å². The molecule has 24 atom stereocenters. The van der Waals surface area contributed by atoms with Crippen LogP contribution in [-0.4, -0.2) is 240 Å². The van der Waals surface area contributed by atoms with Crippen molar-refractivity contribution in [2.24, 2.45) is 0 Å². The van der Waals surface area contributed by atoms with Crippen LogP contribution in [0, 0.1) is 13.8 Å². The van der Waals surface area contributed by atoms with Gasteiger partial charge in [0.1, 0.15) is 103 Å². The number of nitrogens with zero attached hydrogens (tertiary/aromatic N) is 17. The van der Waals surface area contributed by atoms with Crippen molar-refractivity contribution >= 4 is 179 Å². The van der Waals surface area contributed by atoms with Crippen LogP contribution in [0.5, 0.6) is 0 Å². The summed E-state index contributed by atoms with van der Waals surface area (Å²) in [6, 6.07) is 0. The summed E-state index contributed by atoms with van der Waals surface area (Å²) in [5.74, 6) is -0.0174. The van der Waals surface area contributed by atoms with E-state index in [2.05, 4.69) is 69.8 Å². The lowest BCUT2D eigenvalue weighted by molar-refractivity contribution is -0.0567. The lowest BCUT2D eigenvalue weighted by Gasteiger charge is -2.28. The summed E-state index contributed by atoms with van der Waals surface area (Å²) in [4.78, 5) is 190. The maximum Gasteiger partial charge on any atom is 0.330 e. The zero-order valence-electron chi connectivity index (χ0n) is 66.2. The highest BCUT2D eigenvalue weighted by Gasteiger charge is 2.51. The molecule has 16 heterocycles. The molecule has 10 aromatic heterocycles. The Morgan fingerprint density at radius 2 is 0.646 bits per heavy atom. The van der Waals surface area contributed by atoms with Crippen LogP contribution in [0.2, 0.25) is 0 Å². The molecule has 0 aliphatic carbocycles. The third-order valence-corrected chi connectivity index (χ3v) is 30.7. The number of rotatable bonds is 35. The van der Waals surface area contributed by atoms with Crippen LogP contribution in [0.3, 0.4) is 0 Å². The highest BCUT2D eigenvalue weighted by Crippen LogP contribution is 2.58. The van der Waals surface area contributed by atoms with Crippen LogP contribution in [-0.2, 0) is 154 Å². The molecule has 0 saturated carbocycles. The van der Waals surface area contributed by atoms with Gasteiger partial charge in [-0.3, -0.25) is 56.7 Å². The van der Waals surface area contributed by atoms with E-state index >= 15 is 0 Å². The topological polar surface area (TPSA) is 696 Å². The van der Waals surface area contributed by atoms with Crippen LogP contribution >= 0.6 is 40.3 Å². The van der Waals surface area contributed by atoms with Crippen molar-refractivity contribution in [1.82, 2.24) is 97.2 Å². The summed E-state index contributed by atoms with van der Waals surface area (Å²) in [5, 5.41) is 0. The van der Waals surface area contributed by atoms with Crippen molar-refractivity contribution in [3.63, 3.8) is 0 Å². The lowest BCUT2D eigenvalue weighted by Crippen LogP contribution is -2.33. The van der Waals surface area contributed by atoms with Gasteiger partial charge in [0, 0.05) is 69.2 Å². The van der Waals surface area contributed by atoms with E-state index in [0.29, 0.717) is 17.6 Å². The Labute approximate surface area is 743 Å². The zero-order valence-corrected chi connectivity index (χ0v) is 76.5. The number of hydrogen-bond acceptors (Lipinski definition) is 44. The number of aryl methyl sites for hydroxylation is 2. The lowest BCUT2D eigenvalue weighted by atomic mass is 10.1. The monoisotopic (exact) mass is 2000 g/mol. The highest BCUT2D eigenvalue weighted by molar-refractivity contribution is 8.08. The maximum atomic E-state index is 13.5. The number of imidazole rings is 4. The van der Waals surface area contributed by atoms with E-state index in [1.54, 1.807) is 4.57 Å². The molecule has 53 nitrogen and oxygen atoms in total. The Morgan fingerprint density at radius 1 is 0.378 bits per heavy atom. The molecule has 0 bridgehead atoms.